The molecule has 0 spiro atoms. The third-order valence-corrected chi connectivity index (χ3v) is 12.1. The van der Waals surface area contributed by atoms with E-state index >= 15 is 0 Å². The zero-order valence-electron chi connectivity index (χ0n) is 40.1. The van der Waals surface area contributed by atoms with E-state index in [0.717, 1.165) is 50.0 Å². The summed E-state index contributed by atoms with van der Waals surface area (Å²) in [5.74, 6) is 1.29. The SMILES string of the molecule is COCCOCCOCCOCCOCCOCCOCCOCCOc1nn([C@H]2CC[C@H](N3[C@@H]4CC[C@H]3COC4)CC2)cc1Nc1ncc(-c2ccc(C#N)c(O[C@@H](C)Cn3cnnn3)c2)cn1. The molecule has 0 radical (unpaired) electrons. The highest BCUT2D eigenvalue weighted by Crippen LogP contribution is 2.39. The molecule has 22 nitrogen and oxygen atoms in total. The van der Waals surface area contributed by atoms with E-state index in [1.165, 1.54) is 19.2 Å². The van der Waals surface area contributed by atoms with Gasteiger partial charge in [-0.05, 0) is 73.6 Å². The second-order valence-electron chi connectivity index (χ2n) is 17.0. The fraction of sp³-hybridized carbons (Fsp3) is 0.681. The van der Waals surface area contributed by atoms with Crippen LogP contribution in [-0.4, -0.2) is 195 Å². The van der Waals surface area contributed by atoms with Gasteiger partial charge in [-0.25, -0.2) is 14.6 Å². The summed E-state index contributed by atoms with van der Waals surface area (Å²) < 4.78 is 65.7. The molecule has 0 unspecified atom stereocenters. The van der Waals surface area contributed by atoms with Gasteiger partial charge in [0.25, 0.3) is 5.88 Å². The van der Waals surface area contributed by atoms with Crippen molar-refractivity contribution in [3.63, 3.8) is 0 Å². The van der Waals surface area contributed by atoms with E-state index in [0.29, 0.717) is 159 Å². The lowest BCUT2D eigenvalue weighted by Gasteiger charge is -2.43. The summed E-state index contributed by atoms with van der Waals surface area (Å²) in [5.41, 5.74) is 2.64. The molecule has 22 heteroatoms. The summed E-state index contributed by atoms with van der Waals surface area (Å²) >= 11 is 0. The Morgan fingerprint density at radius 3 is 1.81 bits per heavy atom. The third kappa shape index (κ3) is 16.9. The Hall–Kier alpha value is -4.93. The number of nitriles is 1. The van der Waals surface area contributed by atoms with E-state index in [1.807, 2.05) is 29.9 Å². The van der Waals surface area contributed by atoms with Gasteiger partial charge in [-0.3, -0.25) is 9.58 Å². The zero-order valence-corrected chi connectivity index (χ0v) is 40.1. The largest absolute Gasteiger partial charge is 0.487 e. The maximum absolute atomic E-state index is 9.77. The van der Waals surface area contributed by atoms with Crippen molar-refractivity contribution < 1.29 is 52.1 Å². The molecule has 4 aromatic rings. The second kappa shape index (κ2) is 29.3. The Balaban J connectivity index is 0.821. The first-order chi connectivity index (χ1) is 34.1. The first-order valence-corrected chi connectivity index (χ1v) is 24.2. The quantitative estimate of drug-likeness (QED) is 0.0655. The third-order valence-electron chi connectivity index (χ3n) is 12.1. The number of nitrogens with zero attached hydrogens (tertiary/aromatic N) is 10. The average Bonchev–Trinajstić information content (AvgIpc) is 4.10. The fourth-order valence-corrected chi connectivity index (χ4v) is 8.73. The van der Waals surface area contributed by atoms with Crippen LogP contribution in [0.25, 0.3) is 11.1 Å². The van der Waals surface area contributed by atoms with Crippen LogP contribution in [0.3, 0.4) is 0 Å². The van der Waals surface area contributed by atoms with E-state index in [4.69, 9.17) is 57.2 Å². The minimum atomic E-state index is -0.293. The Bertz CT molecular complexity index is 2050. The topological polar surface area (TPSA) is 228 Å². The van der Waals surface area contributed by atoms with Crippen LogP contribution >= 0.6 is 0 Å². The molecule has 7 rings (SSSR count). The summed E-state index contributed by atoms with van der Waals surface area (Å²) in [7, 11) is 1.65. The Labute approximate surface area is 404 Å². The maximum Gasteiger partial charge on any atom is 0.257 e. The number of methoxy groups -OCH3 is 1. The van der Waals surface area contributed by atoms with Gasteiger partial charge in [-0.2, -0.15) is 5.26 Å². The van der Waals surface area contributed by atoms with Crippen molar-refractivity contribution in [3.05, 3.63) is 48.7 Å². The highest BCUT2D eigenvalue weighted by atomic mass is 16.6. The van der Waals surface area contributed by atoms with Gasteiger partial charge < -0.3 is 57.4 Å². The number of nitrogens with one attached hydrogen (secondary N) is 1. The lowest BCUT2D eigenvalue weighted by atomic mass is 9.89. The second-order valence-corrected chi connectivity index (χ2v) is 17.0. The van der Waals surface area contributed by atoms with Crippen LogP contribution in [0.1, 0.15) is 57.1 Å². The van der Waals surface area contributed by atoms with Gasteiger partial charge in [0.15, 0.2) is 0 Å². The van der Waals surface area contributed by atoms with Crippen LogP contribution in [0, 0.1) is 11.3 Å². The van der Waals surface area contributed by atoms with Gasteiger partial charge in [0.1, 0.15) is 36.5 Å². The van der Waals surface area contributed by atoms with Gasteiger partial charge in [0.2, 0.25) is 5.95 Å². The normalized spacial score (nSPS) is 19.7. The van der Waals surface area contributed by atoms with Gasteiger partial charge in [-0.1, -0.05) is 6.07 Å². The first kappa shape index (κ1) is 51.9. The maximum atomic E-state index is 9.77. The van der Waals surface area contributed by atoms with E-state index in [2.05, 4.69) is 41.8 Å². The molecule has 0 amide bonds. The molecule has 5 heterocycles. The van der Waals surface area contributed by atoms with Crippen molar-refractivity contribution in [1.82, 2.24) is 44.9 Å². The predicted octanol–water partition coefficient (Wildman–Crippen LogP) is 3.90. The van der Waals surface area contributed by atoms with Crippen LogP contribution in [0.2, 0.25) is 0 Å². The number of benzene rings is 1. The summed E-state index contributed by atoms with van der Waals surface area (Å²) in [6.07, 6.45) is 13.5. The zero-order chi connectivity index (χ0) is 47.7. The van der Waals surface area contributed by atoms with Crippen molar-refractivity contribution in [2.75, 3.05) is 131 Å². The van der Waals surface area contributed by atoms with Crippen molar-refractivity contribution >= 4 is 11.6 Å². The molecule has 3 aliphatic rings. The molecule has 2 aliphatic heterocycles. The van der Waals surface area contributed by atoms with E-state index in [9.17, 15) is 5.26 Å². The fourth-order valence-electron chi connectivity index (χ4n) is 8.73. The summed E-state index contributed by atoms with van der Waals surface area (Å²) in [6, 6.07) is 9.55. The minimum Gasteiger partial charge on any atom is -0.487 e. The number of morpholine rings is 1. The summed E-state index contributed by atoms with van der Waals surface area (Å²) in [4.78, 5) is 12.1. The number of aromatic nitrogens is 8. The van der Waals surface area contributed by atoms with Gasteiger partial charge in [0.05, 0.1) is 137 Å². The highest BCUT2D eigenvalue weighted by molar-refractivity contribution is 5.67. The van der Waals surface area contributed by atoms with Gasteiger partial charge in [-0.15, -0.1) is 10.2 Å². The van der Waals surface area contributed by atoms with Crippen molar-refractivity contribution in [1.29, 1.82) is 5.26 Å². The molecule has 1 N–H and O–H groups in total. The number of hydrogen-bond acceptors (Lipinski definition) is 20. The number of anilines is 2. The number of tetrazole rings is 1. The van der Waals surface area contributed by atoms with Crippen molar-refractivity contribution in [2.24, 2.45) is 0 Å². The number of fused-ring (bicyclic) bond motifs is 2. The molecule has 378 valence electrons. The van der Waals surface area contributed by atoms with Crippen LogP contribution in [0.15, 0.2) is 43.1 Å². The number of hydrogen-bond donors (Lipinski definition) is 1. The van der Waals surface area contributed by atoms with Crippen molar-refractivity contribution in [2.45, 2.75) is 82.3 Å². The predicted molar refractivity (Wildman–Crippen MR) is 249 cm³/mol. The Morgan fingerprint density at radius 2 is 1.26 bits per heavy atom. The molecule has 3 fully saturated rings. The Morgan fingerprint density at radius 1 is 0.710 bits per heavy atom. The summed E-state index contributed by atoms with van der Waals surface area (Å²) in [6.45, 7) is 11.6. The molecule has 69 heavy (non-hydrogen) atoms. The monoisotopic (exact) mass is 964 g/mol. The van der Waals surface area contributed by atoms with E-state index in [-0.39, 0.29) is 12.1 Å². The van der Waals surface area contributed by atoms with Crippen LogP contribution in [-0.2, 0) is 49.2 Å². The molecular formula is C47H69N11O11. The standard InChI is InChI=1S/C47H69N11O11/c1-36(31-56-35-51-54-55-56)69-45-27-37(3-4-38(45)28-48)39-29-49-47(50-30-39)52-44-32-57(40-5-7-41(8-6-40)58-42-9-10-43(58)34-67-33-42)53-46(44)68-26-25-66-24-23-65-22-21-64-20-19-63-18-17-62-16-15-61-14-13-60-12-11-59-2/h3-4,27,29-30,32,35-36,40-43H,5-26,31,33-34H2,1-2H3,(H,49,50,52)/t36-,40-,41-,42-,43+/m0/s1. The van der Waals surface area contributed by atoms with Crippen LogP contribution in [0.4, 0.5) is 11.6 Å². The van der Waals surface area contributed by atoms with Crippen LogP contribution in [0.5, 0.6) is 11.6 Å². The summed E-state index contributed by atoms with van der Waals surface area (Å²) in [5, 5.41) is 29.3. The molecule has 3 atom stereocenters. The lowest BCUT2D eigenvalue weighted by Crippen LogP contribution is -2.52. The first-order valence-electron chi connectivity index (χ1n) is 24.2. The minimum absolute atomic E-state index is 0.244. The number of rotatable bonds is 34. The van der Waals surface area contributed by atoms with Gasteiger partial charge in [0, 0.05) is 43.2 Å². The molecule has 1 aliphatic carbocycles. The molecule has 1 aromatic carbocycles. The van der Waals surface area contributed by atoms with Crippen LogP contribution < -0.4 is 14.8 Å². The Kier molecular flexibility index (Phi) is 22.0. The molecule has 3 aromatic heterocycles. The lowest BCUT2D eigenvalue weighted by molar-refractivity contribution is -0.0458. The smallest absolute Gasteiger partial charge is 0.257 e. The van der Waals surface area contributed by atoms with E-state index in [1.54, 1.807) is 30.3 Å². The van der Waals surface area contributed by atoms with Crippen molar-refractivity contribution in [3.8, 4) is 28.8 Å². The molecule has 2 saturated heterocycles. The highest BCUT2D eigenvalue weighted by Gasteiger charge is 2.42. The number of ether oxygens (including phenoxy) is 11. The molecule has 2 bridgehead atoms. The molecule has 1 saturated carbocycles. The van der Waals surface area contributed by atoms with Gasteiger partial charge >= 0.3 is 0 Å². The molecular weight excluding hydrogens is 895 g/mol. The van der Waals surface area contributed by atoms with E-state index < -0.39 is 0 Å². The average molecular weight is 964 g/mol.